The van der Waals surface area contributed by atoms with Crippen molar-refractivity contribution in [3.8, 4) is 0 Å². The summed E-state index contributed by atoms with van der Waals surface area (Å²) in [7, 11) is 0. The van der Waals surface area contributed by atoms with Crippen LogP contribution in [0, 0.1) is 0 Å². The molecule has 9 heteroatoms. The van der Waals surface area contributed by atoms with Crippen molar-refractivity contribution in [3.63, 3.8) is 0 Å². The molecular formula is C8H13N3O5Zn. The van der Waals surface area contributed by atoms with Crippen LogP contribution in [0.5, 0.6) is 0 Å². The number of aliphatic hydroxyl groups excluding tert-OH is 1. The van der Waals surface area contributed by atoms with Crippen LogP contribution in [0.1, 0.15) is 13.8 Å². The van der Waals surface area contributed by atoms with Crippen LogP contribution in [0.25, 0.3) is 0 Å². The second kappa shape index (κ2) is 11.3. The molecule has 8 nitrogen and oxygen atoms in total. The number of hydrogen-bond acceptors (Lipinski definition) is 8. The number of carbonyl (C=O) groups is 2. The zero-order valence-electron chi connectivity index (χ0n) is 9.62. The average Bonchev–Trinajstić information content (AvgIpc) is 2.51. The molecule has 0 bridgehead atoms. The van der Waals surface area contributed by atoms with Crippen molar-refractivity contribution in [2.24, 2.45) is 15.7 Å². The molecule has 0 aromatic rings. The fourth-order valence-electron chi connectivity index (χ4n) is 0.440. The number of hydrogen-bond donors (Lipinski definition) is 2. The zero-order valence-corrected chi connectivity index (χ0v) is 12.6. The van der Waals surface area contributed by atoms with E-state index < -0.39 is 17.7 Å². The molecular weight excluding hydrogens is 283 g/mol. The SMILES string of the molecule is CC(=O)[O-].CC(=O)[O-].NC1(CO)N=CC=N1.[Zn+2]. The minimum atomic E-state index is -1.08. The van der Waals surface area contributed by atoms with Crippen molar-refractivity contribution in [1.29, 1.82) is 0 Å². The number of carbonyl (C=O) groups excluding carboxylic acids is 2. The predicted octanol–water partition coefficient (Wildman–Crippen LogP) is -3.74. The number of aliphatic carboxylic acids is 2. The van der Waals surface area contributed by atoms with Crippen molar-refractivity contribution in [3.05, 3.63) is 0 Å². The van der Waals surface area contributed by atoms with Crippen LogP contribution in [-0.2, 0) is 29.1 Å². The Kier molecular flexibility index (Phi) is 14.1. The summed E-state index contributed by atoms with van der Waals surface area (Å²) < 4.78 is 0. The zero-order chi connectivity index (χ0) is 13.2. The van der Waals surface area contributed by atoms with Crippen LogP contribution >= 0.6 is 0 Å². The Morgan fingerprint density at radius 2 is 1.47 bits per heavy atom. The molecule has 92 valence electrons. The van der Waals surface area contributed by atoms with Gasteiger partial charge in [-0.2, -0.15) is 0 Å². The monoisotopic (exact) mass is 295 g/mol. The summed E-state index contributed by atoms with van der Waals surface area (Å²) in [5.41, 5.74) is 5.31. The van der Waals surface area contributed by atoms with Gasteiger partial charge in [0.15, 0.2) is 0 Å². The summed E-state index contributed by atoms with van der Waals surface area (Å²) >= 11 is 0. The normalized spacial score (nSPS) is 13.4. The third-order valence-corrected chi connectivity index (χ3v) is 0.896. The number of nitrogens with two attached hydrogens (primary N) is 1. The van der Waals surface area contributed by atoms with E-state index >= 15 is 0 Å². The van der Waals surface area contributed by atoms with Gasteiger partial charge in [-0.1, -0.05) is 0 Å². The summed E-state index contributed by atoms with van der Waals surface area (Å²) in [5.74, 6) is -3.24. The van der Waals surface area contributed by atoms with Crippen LogP contribution in [0.4, 0.5) is 0 Å². The van der Waals surface area contributed by atoms with Crippen molar-refractivity contribution >= 4 is 24.4 Å². The van der Waals surface area contributed by atoms with Gasteiger partial charge in [0.2, 0.25) is 5.79 Å². The largest absolute Gasteiger partial charge is 2.00 e. The molecule has 0 saturated carbocycles. The smallest absolute Gasteiger partial charge is 0.550 e. The number of aliphatic imine (C=N–C) groups is 2. The topological polar surface area (TPSA) is 151 Å². The maximum Gasteiger partial charge on any atom is 2.00 e. The molecule has 1 heterocycles. The minimum absolute atomic E-state index is 0. The predicted molar refractivity (Wildman–Crippen MR) is 52.4 cm³/mol. The van der Waals surface area contributed by atoms with Crippen molar-refractivity contribution in [1.82, 2.24) is 0 Å². The van der Waals surface area contributed by atoms with Gasteiger partial charge in [-0.15, -0.1) is 0 Å². The quantitative estimate of drug-likeness (QED) is 0.474. The van der Waals surface area contributed by atoms with E-state index in [1.54, 1.807) is 0 Å². The molecule has 1 aliphatic heterocycles. The molecule has 1 aliphatic rings. The van der Waals surface area contributed by atoms with Gasteiger partial charge < -0.3 is 24.9 Å². The number of carboxylic acids is 2. The van der Waals surface area contributed by atoms with E-state index in [-0.39, 0.29) is 26.1 Å². The Bertz CT molecular complexity index is 261. The molecule has 17 heavy (non-hydrogen) atoms. The molecule has 0 unspecified atom stereocenters. The van der Waals surface area contributed by atoms with E-state index in [1.807, 2.05) is 0 Å². The number of rotatable bonds is 1. The van der Waals surface area contributed by atoms with Crippen LogP contribution in [0.15, 0.2) is 9.98 Å². The molecule has 0 spiro atoms. The molecule has 0 atom stereocenters. The van der Waals surface area contributed by atoms with Crippen LogP contribution in [0.3, 0.4) is 0 Å². The summed E-state index contributed by atoms with van der Waals surface area (Å²) in [6.45, 7) is 1.71. The molecule has 0 saturated heterocycles. The van der Waals surface area contributed by atoms with Gasteiger partial charge in [0.1, 0.15) is 6.61 Å². The Morgan fingerprint density at radius 3 is 1.59 bits per heavy atom. The standard InChI is InChI=1S/C4H7N3O.2C2H4O2.Zn/c5-4(3-8)6-1-2-7-4;2*1-2(3)4;/h1-2,8H,3,5H2;2*1H3,(H,3,4);/q;;;+2/p-2. The number of aliphatic hydroxyl groups is 1. The summed E-state index contributed by atoms with van der Waals surface area (Å²) in [4.78, 5) is 25.1. The van der Waals surface area contributed by atoms with Gasteiger partial charge in [0, 0.05) is 24.4 Å². The molecule has 0 aromatic carbocycles. The second-order valence-electron chi connectivity index (χ2n) is 2.58. The van der Waals surface area contributed by atoms with Crippen molar-refractivity contribution in [2.45, 2.75) is 19.6 Å². The van der Waals surface area contributed by atoms with E-state index in [1.165, 1.54) is 12.4 Å². The Morgan fingerprint density at radius 1 is 1.24 bits per heavy atom. The molecule has 0 radical (unpaired) electrons. The van der Waals surface area contributed by atoms with Gasteiger partial charge in [-0.05, 0) is 13.8 Å². The maximum absolute atomic E-state index is 8.89. The number of carboxylic acid groups (broad SMARTS) is 2. The Balaban J connectivity index is -0.000000189. The van der Waals surface area contributed by atoms with Crippen LogP contribution in [-0.4, -0.2) is 41.9 Å². The Hall–Kier alpha value is -1.18. The van der Waals surface area contributed by atoms with E-state index in [0.717, 1.165) is 13.8 Å². The van der Waals surface area contributed by atoms with E-state index in [2.05, 4.69) is 9.98 Å². The Labute approximate surface area is 111 Å². The first kappa shape index (κ1) is 21.1. The third kappa shape index (κ3) is 20.8. The average molecular weight is 297 g/mol. The van der Waals surface area contributed by atoms with Crippen LogP contribution < -0.4 is 15.9 Å². The van der Waals surface area contributed by atoms with Gasteiger partial charge in [-0.25, -0.2) is 9.98 Å². The van der Waals surface area contributed by atoms with Gasteiger partial charge in [0.25, 0.3) is 0 Å². The molecule has 3 N–H and O–H groups in total. The van der Waals surface area contributed by atoms with Crippen molar-refractivity contribution < 1.29 is 44.4 Å². The molecule has 0 fully saturated rings. The molecule has 1 rings (SSSR count). The van der Waals surface area contributed by atoms with Gasteiger partial charge >= 0.3 is 19.5 Å². The fraction of sp³-hybridized carbons (Fsp3) is 0.500. The third-order valence-electron chi connectivity index (χ3n) is 0.896. The first-order chi connectivity index (χ1) is 7.23. The molecule has 0 amide bonds. The number of nitrogens with zero attached hydrogens (tertiary/aromatic N) is 2. The molecule has 0 aliphatic carbocycles. The van der Waals surface area contributed by atoms with Gasteiger partial charge in [0.05, 0.1) is 0 Å². The van der Waals surface area contributed by atoms with E-state index in [4.69, 9.17) is 30.6 Å². The fourth-order valence-corrected chi connectivity index (χ4v) is 0.440. The van der Waals surface area contributed by atoms with E-state index in [0.29, 0.717) is 0 Å². The minimum Gasteiger partial charge on any atom is -0.550 e. The maximum atomic E-state index is 8.89. The first-order valence-corrected chi connectivity index (χ1v) is 4.07. The van der Waals surface area contributed by atoms with Crippen molar-refractivity contribution in [2.75, 3.05) is 6.61 Å². The second-order valence-corrected chi connectivity index (χ2v) is 2.58. The van der Waals surface area contributed by atoms with Crippen LogP contribution in [0.2, 0.25) is 0 Å². The molecule has 0 aromatic heterocycles. The first-order valence-electron chi connectivity index (χ1n) is 4.07. The summed E-state index contributed by atoms with van der Waals surface area (Å²) in [6, 6.07) is 0. The summed E-state index contributed by atoms with van der Waals surface area (Å²) in [5, 5.41) is 26.3. The van der Waals surface area contributed by atoms with Gasteiger partial charge in [-0.3, -0.25) is 5.73 Å². The summed E-state index contributed by atoms with van der Waals surface area (Å²) in [6.07, 6.45) is 2.94. The van der Waals surface area contributed by atoms with E-state index in [9.17, 15) is 0 Å².